The fourth-order valence-corrected chi connectivity index (χ4v) is 2.34. The lowest BCUT2D eigenvalue weighted by Gasteiger charge is -2.18. The molecule has 2 nitrogen and oxygen atoms in total. The van der Waals surface area contributed by atoms with Crippen LogP contribution >= 0.6 is 0 Å². The Labute approximate surface area is 82.9 Å². The summed E-state index contributed by atoms with van der Waals surface area (Å²) in [6.45, 7) is 2.95. The average Bonchev–Trinajstić information content (AvgIpc) is 2.19. The van der Waals surface area contributed by atoms with E-state index in [1.54, 1.807) is 0 Å². The molecule has 1 rings (SSSR count). The van der Waals surface area contributed by atoms with Crippen molar-refractivity contribution in [3.05, 3.63) is 24.4 Å². The van der Waals surface area contributed by atoms with Crippen LogP contribution in [0.1, 0.15) is 26.2 Å². The second-order valence-corrected chi connectivity index (χ2v) is 4.62. The number of allylic oxidation sites excluding steroid dienone is 2. The van der Waals surface area contributed by atoms with Gasteiger partial charge in [-0.1, -0.05) is 31.9 Å². The first kappa shape index (κ1) is 10.5. The Balaban J connectivity index is 2.23. The highest BCUT2D eigenvalue weighted by atomic mass is 32.2. The lowest BCUT2D eigenvalue weighted by atomic mass is 10.3. The van der Waals surface area contributed by atoms with E-state index < -0.39 is 11.0 Å². The van der Waals surface area contributed by atoms with Crippen molar-refractivity contribution in [1.82, 2.24) is 4.31 Å². The molecule has 0 saturated heterocycles. The van der Waals surface area contributed by atoms with Crippen LogP contribution in [0.4, 0.5) is 0 Å². The molecule has 0 bridgehead atoms. The number of rotatable bonds is 5. The zero-order valence-corrected chi connectivity index (χ0v) is 8.93. The van der Waals surface area contributed by atoms with Crippen LogP contribution in [-0.4, -0.2) is 20.8 Å². The Kier molecular flexibility index (Phi) is 4.83. The van der Waals surface area contributed by atoms with Crippen molar-refractivity contribution in [3.63, 3.8) is 0 Å². The largest absolute Gasteiger partial charge is 0.295 e. The molecule has 0 aromatic carbocycles. The Bertz CT molecular complexity index is 223. The molecular weight excluding hydrogens is 182 g/mol. The first-order valence-electron chi connectivity index (χ1n) is 4.83. The molecule has 1 aliphatic rings. The van der Waals surface area contributed by atoms with Crippen molar-refractivity contribution in [2.24, 2.45) is 0 Å². The second-order valence-electron chi connectivity index (χ2n) is 3.10. The smallest absolute Gasteiger partial charge is 0.119 e. The first-order chi connectivity index (χ1) is 6.34. The molecule has 1 heterocycles. The molecule has 0 saturated carbocycles. The van der Waals surface area contributed by atoms with Gasteiger partial charge in [-0.15, -0.1) is 0 Å². The third-order valence-corrected chi connectivity index (χ3v) is 3.40. The first-order valence-corrected chi connectivity index (χ1v) is 6.10. The molecule has 13 heavy (non-hydrogen) atoms. The summed E-state index contributed by atoms with van der Waals surface area (Å²) >= 11 is 0. The van der Waals surface area contributed by atoms with Gasteiger partial charge < -0.3 is 0 Å². The van der Waals surface area contributed by atoms with Crippen LogP contribution in [0, 0.1) is 0 Å². The minimum atomic E-state index is -0.813. The van der Waals surface area contributed by atoms with Gasteiger partial charge in [0.15, 0.2) is 0 Å². The molecule has 3 heteroatoms. The third-order valence-electron chi connectivity index (χ3n) is 1.97. The SMILES string of the molecule is CCCCCS(=O)N1C=CC=CC1. The summed E-state index contributed by atoms with van der Waals surface area (Å²) in [6.07, 6.45) is 11.3. The van der Waals surface area contributed by atoms with Crippen molar-refractivity contribution in [3.8, 4) is 0 Å². The quantitative estimate of drug-likeness (QED) is 0.622. The van der Waals surface area contributed by atoms with Crippen LogP contribution in [-0.2, 0) is 11.0 Å². The molecule has 0 aromatic rings. The van der Waals surface area contributed by atoms with Gasteiger partial charge in [-0.25, -0.2) is 4.21 Å². The summed E-state index contributed by atoms with van der Waals surface area (Å²) < 4.78 is 13.5. The Morgan fingerprint density at radius 2 is 2.23 bits per heavy atom. The highest BCUT2D eigenvalue weighted by Crippen LogP contribution is 2.05. The van der Waals surface area contributed by atoms with Gasteiger partial charge >= 0.3 is 0 Å². The van der Waals surface area contributed by atoms with Crippen LogP contribution < -0.4 is 0 Å². The van der Waals surface area contributed by atoms with Crippen LogP contribution in [0.2, 0.25) is 0 Å². The number of hydrogen-bond donors (Lipinski definition) is 0. The van der Waals surface area contributed by atoms with E-state index in [2.05, 4.69) is 6.92 Å². The second kappa shape index (κ2) is 5.97. The van der Waals surface area contributed by atoms with E-state index in [1.807, 2.05) is 28.7 Å². The van der Waals surface area contributed by atoms with Crippen LogP contribution in [0.3, 0.4) is 0 Å². The van der Waals surface area contributed by atoms with Gasteiger partial charge in [0.2, 0.25) is 0 Å². The van der Waals surface area contributed by atoms with Crippen LogP contribution in [0.15, 0.2) is 24.4 Å². The van der Waals surface area contributed by atoms with Crippen molar-refractivity contribution in [2.45, 2.75) is 26.2 Å². The monoisotopic (exact) mass is 199 g/mol. The molecule has 0 fully saturated rings. The van der Waals surface area contributed by atoms with E-state index in [1.165, 1.54) is 12.8 Å². The topological polar surface area (TPSA) is 20.3 Å². The Morgan fingerprint density at radius 1 is 1.38 bits per heavy atom. The van der Waals surface area contributed by atoms with Crippen molar-refractivity contribution < 1.29 is 4.21 Å². The summed E-state index contributed by atoms with van der Waals surface area (Å²) in [5.41, 5.74) is 0. The van der Waals surface area contributed by atoms with Gasteiger partial charge in [0.05, 0.1) is 0 Å². The predicted molar refractivity (Wildman–Crippen MR) is 57.5 cm³/mol. The lowest BCUT2D eigenvalue weighted by molar-refractivity contribution is 0.595. The number of nitrogens with zero attached hydrogens (tertiary/aromatic N) is 1. The normalized spacial score (nSPS) is 17.8. The number of unbranched alkanes of at least 4 members (excludes halogenated alkanes) is 2. The molecule has 1 unspecified atom stereocenters. The van der Waals surface area contributed by atoms with Gasteiger partial charge in [-0.3, -0.25) is 4.31 Å². The molecule has 74 valence electrons. The molecule has 0 amide bonds. The zero-order chi connectivity index (χ0) is 9.52. The molecule has 0 radical (unpaired) electrons. The summed E-state index contributed by atoms with van der Waals surface area (Å²) in [5.74, 6) is 0.798. The van der Waals surface area contributed by atoms with E-state index >= 15 is 0 Å². The molecule has 1 atom stereocenters. The van der Waals surface area contributed by atoms with E-state index in [9.17, 15) is 4.21 Å². The minimum absolute atomic E-state index is 0.787. The van der Waals surface area contributed by atoms with Crippen molar-refractivity contribution >= 4 is 11.0 Å². The number of hydrogen-bond acceptors (Lipinski definition) is 1. The predicted octanol–water partition coefficient (Wildman–Crippen LogP) is 2.23. The minimum Gasteiger partial charge on any atom is -0.295 e. The summed E-state index contributed by atoms with van der Waals surface area (Å²) in [7, 11) is -0.813. The maximum atomic E-state index is 11.6. The van der Waals surface area contributed by atoms with Gasteiger partial charge in [0.25, 0.3) is 0 Å². The van der Waals surface area contributed by atoms with Gasteiger partial charge in [0.1, 0.15) is 11.0 Å². The molecule has 0 N–H and O–H groups in total. The zero-order valence-electron chi connectivity index (χ0n) is 8.11. The van der Waals surface area contributed by atoms with Gasteiger partial charge in [-0.05, 0) is 12.5 Å². The van der Waals surface area contributed by atoms with E-state index in [-0.39, 0.29) is 0 Å². The van der Waals surface area contributed by atoms with Crippen molar-refractivity contribution in [1.29, 1.82) is 0 Å². The van der Waals surface area contributed by atoms with E-state index in [0.717, 1.165) is 18.7 Å². The Morgan fingerprint density at radius 3 is 2.85 bits per heavy atom. The van der Waals surface area contributed by atoms with Crippen LogP contribution in [0.25, 0.3) is 0 Å². The molecular formula is C10H17NOS. The maximum Gasteiger partial charge on any atom is 0.119 e. The van der Waals surface area contributed by atoms with Crippen molar-refractivity contribution in [2.75, 3.05) is 12.3 Å². The standard InChI is InChI=1S/C10H17NOS/c1-2-3-7-10-13(12)11-8-5-4-6-9-11/h4-6,8H,2-3,7,9-10H2,1H3. The highest BCUT2D eigenvalue weighted by molar-refractivity contribution is 7.82. The summed E-state index contributed by atoms with van der Waals surface area (Å²) in [6, 6.07) is 0. The fraction of sp³-hybridized carbons (Fsp3) is 0.600. The molecule has 0 spiro atoms. The molecule has 0 aliphatic carbocycles. The average molecular weight is 199 g/mol. The Hall–Kier alpha value is -0.570. The summed E-state index contributed by atoms with van der Waals surface area (Å²) in [5, 5.41) is 0. The third kappa shape index (κ3) is 3.77. The molecule has 1 aliphatic heterocycles. The van der Waals surface area contributed by atoms with Gasteiger partial charge in [0, 0.05) is 18.5 Å². The maximum absolute atomic E-state index is 11.6. The van der Waals surface area contributed by atoms with E-state index in [4.69, 9.17) is 0 Å². The van der Waals surface area contributed by atoms with E-state index in [0.29, 0.717) is 0 Å². The molecule has 0 aromatic heterocycles. The fourth-order valence-electron chi connectivity index (χ4n) is 1.19. The van der Waals surface area contributed by atoms with Gasteiger partial charge in [-0.2, -0.15) is 0 Å². The summed E-state index contributed by atoms with van der Waals surface area (Å²) in [4.78, 5) is 0. The lowest BCUT2D eigenvalue weighted by Crippen LogP contribution is -2.23. The highest BCUT2D eigenvalue weighted by Gasteiger charge is 2.07. The van der Waals surface area contributed by atoms with Crippen LogP contribution in [0.5, 0.6) is 0 Å².